The standard InChI is InChI=1S/C26H26ClNO3/c1-16(2)22-12-11-21(14-17(22)3)31-18(4)26(30)28-24-13-10-20(27)15-23(24)25(29)19-8-6-5-7-9-19/h5-16,18H,1-4H3,(H,28,30). The van der Waals surface area contributed by atoms with Crippen LogP contribution in [-0.4, -0.2) is 17.8 Å². The lowest BCUT2D eigenvalue weighted by molar-refractivity contribution is -0.122. The van der Waals surface area contributed by atoms with Gasteiger partial charge in [-0.25, -0.2) is 0 Å². The molecular formula is C26H26ClNO3. The summed E-state index contributed by atoms with van der Waals surface area (Å²) in [6.07, 6.45) is -0.750. The van der Waals surface area contributed by atoms with E-state index in [0.717, 1.165) is 5.56 Å². The highest BCUT2D eigenvalue weighted by atomic mass is 35.5. The Bertz CT molecular complexity index is 1090. The first-order chi connectivity index (χ1) is 14.8. The van der Waals surface area contributed by atoms with Crippen LogP contribution in [0.3, 0.4) is 0 Å². The Labute approximate surface area is 188 Å². The van der Waals surface area contributed by atoms with Crippen molar-refractivity contribution in [1.29, 1.82) is 0 Å². The number of ether oxygens (including phenoxy) is 1. The molecule has 0 aliphatic carbocycles. The molecule has 0 aliphatic rings. The number of carbonyl (C=O) groups is 2. The minimum absolute atomic E-state index is 0.216. The second-order valence-electron chi connectivity index (χ2n) is 7.81. The lowest BCUT2D eigenvalue weighted by atomic mass is 9.98. The molecule has 0 saturated heterocycles. The van der Waals surface area contributed by atoms with Gasteiger partial charge in [0, 0.05) is 16.1 Å². The molecule has 3 aromatic carbocycles. The number of ketones is 1. The van der Waals surface area contributed by atoms with Crippen LogP contribution in [-0.2, 0) is 4.79 Å². The molecular weight excluding hydrogens is 410 g/mol. The van der Waals surface area contributed by atoms with Crippen molar-refractivity contribution >= 4 is 29.0 Å². The summed E-state index contributed by atoms with van der Waals surface area (Å²) in [6.45, 7) is 7.98. The van der Waals surface area contributed by atoms with E-state index in [4.69, 9.17) is 16.3 Å². The van der Waals surface area contributed by atoms with E-state index in [1.807, 2.05) is 31.2 Å². The molecule has 4 nitrogen and oxygen atoms in total. The van der Waals surface area contributed by atoms with E-state index in [2.05, 4.69) is 19.2 Å². The molecule has 0 radical (unpaired) electrons. The Morgan fingerprint density at radius 3 is 2.29 bits per heavy atom. The molecule has 31 heavy (non-hydrogen) atoms. The van der Waals surface area contributed by atoms with Gasteiger partial charge in [-0.15, -0.1) is 0 Å². The molecule has 0 heterocycles. The lowest BCUT2D eigenvalue weighted by Crippen LogP contribution is -2.30. The first-order valence-electron chi connectivity index (χ1n) is 10.2. The monoisotopic (exact) mass is 435 g/mol. The molecule has 1 amide bonds. The van der Waals surface area contributed by atoms with Crippen molar-refractivity contribution in [3.05, 3.63) is 94.0 Å². The van der Waals surface area contributed by atoms with Gasteiger partial charge in [-0.05, 0) is 61.2 Å². The highest BCUT2D eigenvalue weighted by Crippen LogP contribution is 2.26. The third kappa shape index (κ3) is 5.53. The van der Waals surface area contributed by atoms with Crippen LogP contribution in [0.25, 0.3) is 0 Å². The molecule has 0 spiro atoms. The maximum Gasteiger partial charge on any atom is 0.265 e. The van der Waals surface area contributed by atoms with Crippen LogP contribution >= 0.6 is 11.6 Å². The van der Waals surface area contributed by atoms with Gasteiger partial charge in [0.25, 0.3) is 5.91 Å². The fourth-order valence-electron chi connectivity index (χ4n) is 3.42. The molecule has 1 N–H and O–H groups in total. The van der Waals surface area contributed by atoms with Gasteiger partial charge in [0.05, 0.1) is 5.69 Å². The Hall–Kier alpha value is -3.11. The zero-order chi connectivity index (χ0) is 22.5. The minimum Gasteiger partial charge on any atom is -0.481 e. The van der Waals surface area contributed by atoms with Gasteiger partial charge in [0.15, 0.2) is 11.9 Å². The molecule has 0 saturated carbocycles. The third-order valence-electron chi connectivity index (χ3n) is 5.07. The first-order valence-corrected chi connectivity index (χ1v) is 10.6. The SMILES string of the molecule is Cc1cc(OC(C)C(=O)Nc2ccc(Cl)cc2C(=O)c2ccccc2)ccc1C(C)C. The van der Waals surface area contributed by atoms with E-state index in [-0.39, 0.29) is 11.7 Å². The number of hydrogen-bond acceptors (Lipinski definition) is 3. The molecule has 1 atom stereocenters. The molecule has 3 rings (SSSR count). The number of benzene rings is 3. The number of hydrogen-bond donors (Lipinski definition) is 1. The van der Waals surface area contributed by atoms with Gasteiger partial charge in [-0.2, -0.15) is 0 Å². The molecule has 0 aliphatic heterocycles. The van der Waals surface area contributed by atoms with E-state index in [1.54, 1.807) is 49.4 Å². The second-order valence-corrected chi connectivity index (χ2v) is 8.24. The fourth-order valence-corrected chi connectivity index (χ4v) is 3.59. The van der Waals surface area contributed by atoms with Gasteiger partial charge in [-0.3, -0.25) is 9.59 Å². The van der Waals surface area contributed by atoms with E-state index in [0.29, 0.717) is 33.5 Å². The van der Waals surface area contributed by atoms with Crippen LogP contribution in [0.5, 0.6) is 5.75 Å². The van der Waals surface area contributed by atoms with Crippen molar-refractivity contribution in [3.8, 4) is 5.75 Å². The zero-order valence-corrected chi connectivity index (χ0v) is 18.9. The lowest BCUT2D eigenvalue weighted by Gasteiger charge is -2.18. The zero-order valence-electron chi connectivity index (χ0n) is 18.1. The first kappa shape index (κ1) is 22.6. The van der Waals surface area contributed by atoms with Gasteiger partial charge < -0.3 is 10.1 Å². The highest BCUT2D eigenvalue weighted by molar-refractivity contribution is 6.31. The maximum atomic E-state index is 12.9. The van der Waals surface area contributed by atoms with Gasteiger partial charge in [0.2, 0.25) is 0 Å². The molecule has 160 valence electrons. The fraction of sp³-hybridized carbons (Fsp3) is 0.231. The Balaban J connectivity index is 1.77. The Morgan fingerprint density at radius 2 is 1.65 bits per heavy atom. The van der Waals surface area contributed by atoms with E-state index >= 15 is 0 Å². The predicted molar refractivity (Wildman–Crippen MR) is 125 cm³/mol. The quantitative estimate of drug-likeness (QED) is 0.436. The molecule has 1 unspecified atom stereocenters. The Morgan fingerprint density at radius 1 is 0.935 bits per heavy atom. The van der Waals surface area contributed by atoms with Crippen LogP contribution in [0.4, 0.5) is 5.69 Å². The summed E-state index contributed by atoms with van der Waals surface area (Å²) in [5, 5.41) is 3.23. The summed E-state index contributed by atoms with van der Waals surface area (Å²) in [7, 11) is 0. The average molecular weight is 436 g/mol. The third-order valence-corrected chi connectivity index (χ3v) is 5.30. The van der Waals surface area contributed by atoms with Gasteiger partial charge >= 0.3 is 0 Å². The van der Waals surface area contributed by atoms with Crippen molar-refractivity contribution in [1.82, 2.24) is 0 Å². The maximum absolute atomic E-state index is 12.9. The smallest absolute Gasteiger partial charge is 0.265 e. The summed E-state index contributed by atoms with van der Waals surface area (Å²) in [4.78, 5) is 25.7. The van der Waals surface area contributed by atoms with Crippen molar-refractivity contribution in [2.45, 2.75) is 39.7 Å². The van der Waals surface area contributed by atoms with Crippen LogP contribution in [0.1, 0.15) is 53.7 Å². The molecule has 3 aromatic rings. The van der Waals surface area contributed by atoms with Crippen molar-refractivity contribution in [2.24, 2.45) is 0 Å². The predicted octanol–water partition coefficient (Wildman–Crippen LogP) is 6.41. The van der Waals surface area contributed by atoms with Crippen LogP contribution in [0.2, 0.25) is 5.02 Å². The summed E-state index contributed by atoms with van der Waals surface area (Å²) in [5.74, 6) is 0.475. The number of amides is 1. The Kier molecular flexibility index (Phi) is 7.13. The topological polar surface area (TPSA) is 55.4 Å². The number of anilines is 1. The summed E-state index contributed by atoms with van der Waals surface area (Å²) in [6, 6.07) is 19.5. The van der Waals surface area contributed by atoms with Gasteiger partial charge in [-0.1, -0.05) is 61.8 Å². The molecule has 5 heteroatoms. The van der Waals surface area contributed by atoms with E-state index in [9.17, 15) is 9.59 Å². The second kappa shape index (κ2) is 9.80. The summed E-state index contributed by atoms with van der Waals surface area (Å²) < 4.78 is 5.85. The molecule has 0 fully saturated rings. The molecule has 0 aromatic heterocycles. The normalized spacial score (nSPS) is 11.8. The number of nitrogens with one attached hydrogen (secondary N) is 1. The van der Waals surface area contributed by atoms with E-state index in [1.165, 1.54) is 5.56 Å². The van der Waals surface area contributed by atoms with E-state index < -0.39 is 6.10 Å². The minimum atomic E-state index is -0.750. The number of halogens is 1. The van der Waals surface area contributed by atoms with Gasteiger partial charge in [0.1, 0.15) is 5.75 Å². The molecule has 0 bridgehead atoms. The summed E-state index contributed by atoms with van der Waals surface area (Å²) in [5.41, 5.74) is 3.61. The largest absolute Gasteiger partial charge is 0.481 e. The van der Waals surface area contributed by atoms with Crippen LogP contribution in [0, 0.1) is 6.92 Å². The van der Waals surface area contributed by atoms with Crippen LogP contribution < -0.4 is 10.1 Å². The van der Waals surface area contributed by atoms with Crippen molar-refractivity contribution < 1.29 is 14.3 Å². The number of carbonyl (C=O) groups excluding carboxylic acids is 2. The average Bonchev–Trinajstić information content (AvgIpc) is 2.74. The highest BCUT2D eigenvalue weighted by Gasteiger charge is 2.20. The summed E-state index contributed by atoms with van der Waals surface area (Å²) >= 11 is 6.11. The van der Waals surface area contributed by atoms with Crippen molar-refractivity contribution in [2.75, 3.05) is 5.32 Å². The number of aryl methyl sites for hydroxylation is 1. The van der Waals surface area contributed by atoms with Crippen LogP contribution in [0.15, 0.2) is 66.7 Å². The van der Waals surface area contributed by atoms with Crippen molar-refractivity contribution in [3.63, 3.8) is 0 Å². The number of rotatable bonds is 7.